The molecule has 5 heteroatoms. The molecule has 5 nitrogen and oxygen atoms in total. The summed E-state index contributed by atoms with van der Waals surface area (Å²) in [5.74, 6) is -0.925. The lowest BCUT2D eigenvalue weighted by Crippen LogP contribution is -2.35. The maximum absolute atomic E-state index is 11.1. The normalized spacial score (nSPS) is 9.75. The summed E-state index contributed by atoms with van der Waals surface area (Å²) in [6.07, 6.45) is 0. The van der Waals surface area contributed by atoms with E-state index in [9.17, 15) is 9.59 Å². The highest BCUT2D eigenvalue weighted by molar-refractivity contribution is 5.84. The van der Waals surface area contributed by atoms with E-state index in [1.807, 2.05) is 30.3 Å². The molecule has 0 spiro atoms. The van der Waals surface area contributed by atoms with Crippen LogP contribution in [0.2, 0.25) is 0 Å². The van der Waals surface area contributed by atoms with E-state index in [2.05, 4.69) is 5.32 Å². The Morgan fingerprint density at radius 2 is 1.94 bits per heavy atom. The zero-order valence-corrected chi connectivity index (χ0v) is 8.81. The molecule has 0 unspecified atom stereocenters. The second-order valence-corrected chi connectivity index (χ2v) is 3.22. The Morgan fingerprint density at radius 1 is 1.25 bits per heavy atom. The van der Waals surface area contributed by atoms with Gasteiger partial charge in [0.1, 0.15) is 6.61 Å². The van der Waals surface area contributed by atoms with Gasteiger partial charge < -0.3 is 15.8 Å². The molecule has 1 aromatic rings. The molecule has 0 aromatic heterocycles. The zero-order chi connectivity index (χ0) is 11.8. The lowest BCUT2D eigenvalue weighted by Gasteiger charge is -2.04. The Bertz CT molecular complexity index is 352. The molecule has 0 fully saturated rings. The van der Waals surface area contributed by atoms with Gasteiger partial charge in [0.15, 0.2) is 0 Å². The summed E-state index contributed by atoms with van der Waals surface area (Å²) in [5.41, 5.74) is 5.86. The molecule has 1 aromatic carbocycles. The Kier molecular flexibility index (Phi) is 5.01. The highest BCUT2D eigenvalue weighted by atomic mass is 16.5. The molecule has 0 saturated carbocycles. The number of nitrogens with two attached hydrogens (primary N) is 1. The van der Waals surface area contributed by atoms with E-state index in [0.29, 0.717) is 6.61 Å². The van der Waals surface area contributed by atoms with Crippen LogP contribution in [0.25, 0.3) is 0 Å². The molecule has 0 aliphatic carbocycles. The SMILES string of the molecule is NC(=O)CNC(=O)COCc1ccccc1. The van der Waals surface area contributed by atoms with Crippen LogP contribution in [0.4, 0.5) is 0 Å². The quantitative estimate of drug-likeness (QED) is 0.699. The van der Waals surface area contributed by atoms with Crippen LogP contribution in [-0.2, 0) is 20.9 Å². The Morgan fingerprint density at radius 3 is 2.56 bits per heavy atom. The minimum Gasteiger partial charge on any atom is -0.368 e. The van der Waals surface area contributed by atoms with Crippen molar-refractivity contribution in [2.75, 3.05) is 13.2 Å². The molecule has 3 N–H and O–H groups in total. The van der Waals surface area contributed by atoms with E-state index in [1.54, 1.807) is 0 Å². The molecule has 0 atom stereocenters. The fraction of sp³-hybridized carbons (Fsp3) is 0.273. The van der Waals surface area contributed by atoms with Crippen molar-refractivity contribution in [1.29, 1.82) is 0 Å². The van der Waals surface area contributed by atoms with Crippen molar-refractivity contribution in [2.45, 2.75) is 6.61 Å². The average molecular weight is 222 g/mol. The first-order valence-electron chi connectivity index (χ1n) is 4.85. The van der Waals surface area contributed by atoms with Gasteiger partial charge >= 0.3 is 0 Å². The van der Waals surface area contributed by atoms with Crippen molar-refractivity contribution >= 4 is 11.8 Å². The van der Waals surface area contributed by atoms with E-state index >= 15 is 0 Å². The summed E-state index contributed by atoms with van der Waals surface area (Å²) in [5, 5.41) is 2.33. The predicted octanol–water partition coefficient (Wildman–Crippen LogP) is -0.195. The first kappa shape index (κ1) is 12.2. The lowest BCUT2D eigenvalue weighted by atomic mass is 10.2. The number of carbonyl (C=O) groups excluding carboxylic acids is 2. The van der Waals surface area contributed by atoms with Gasteiger partial charge in [-0.2, -0.15) is 0 Å². The maximum Gasteiger partial charge on any atom is 0.246 e. The number of hydrogen-bond acceptors (Lipinski definition) is 3. The predicted molar refractivity (Wildman–Crippen MR) is 58.3 cm³/mol. The second-order valence-electron chi connectivity index (χ2n) is 3.22. The van der Waals surface area contributed by atoms with Crippen molar-refractivity contribution in [2.24, 2.45) is 5.73 Å². The molecular formula is C11H14N2O3. The first-order chi connectivity index (χ1) is 7.68. The number of rotatable bonds is 6. The highest BCUT2D eigenvalue weighted by Crippen LogP contribution is 1.99. The van der Waals surface area contributed by atoms with Gasteiger partial charge in [0.05, 0.1) is 13.2 Å². The van der Waals surface area contributed by atoms with Crippen LogP contribution in [0.15, 0.2) is 30.3 Å². The van der Waals surface area contributed by atoms with E-state index in [4.69, 9.17) is 10.5 Å². The van der Waals surface area contributed by atoms with Crippen LogP contribution in [-0.4, -0.2) is 25.0 Å². The smallest absolute Gasteiger partial charge is 0.246 e. The molecule has 0 aliphatic heterocycles. The minimum absolute atomic E-state index is 0.0812. The van der Waals surface area contributed by atoms with Crippen molar-refractivity contribution in [1.82, 2.24) is 5.32 Å². The second kappa shape index (κ2) is 6.58. The molecular weight excluding hydrogens is 208 g/mol. The molecule has 0 aliphatic rings. The lowest BCUT2D eigenvalue weighted by molar-refractivity contribution is -0.128. The zero-order valence-electron chi connectivity index (χ0n) is 8.81. The highest BCUT2D eigenvalue weighted by Gasteiger charge is 2.02. The summed E-state index contributed by atoms with van der Waals surface area (Å²) in [6, 6.07) is 9.50. The van der Waals surface area contributed by atoms with Crippen LogP contribution < -0.4 is 11.1 Å². The van der Waals surface area contributed by atoms with Gasteiger partial charge in [-0.15, -0.1) is 0 Å². The third kappa shape index (κ3) is 5.11. The number of ether oxygens (including phenoxy) is 1. The minimum atomic E-state index is -0.573. The number of primary amides is 1. The van der Waals surface area contributed by atoms with Gasteiger partial charge in [-0.1, -0.05) is 30.3 Å². The summed E-state index contributed by atoms with van der Waals surface area (Å²) in [6.45, 7) is 0.126. The maximum atomic E-state index is 11.1. The molecule has 0 bridgehead atoms. The fourth-order valence-corrected chi connectivity index (χ4v) is 1.07. The topological polar surface area (TPSA) is 81.4 Å². The molecule has 1 rings (SSSR count). The van der Waals surface area contributed by atoms with Crippen molar-refractivity contribution in [3.05, 3.63) is 35.9 Å². The third-order valence-corrected chi connectivity index (χ3v) is 1.80. The molecule has 16 heavy (non-hydrogen) atoms. The van der Waals surface area contributed by atoms with Crippen LogP contribution in [0, 0.1) is 0 Å². The van der Waals surface area contributed by atoms with Crippen LogP contribution in [0.1, 0.15) is 5.56 Å². The molecule has 2 amide bonds. The Balaban J connectivity index is 2.16. The average Bonchev–Trinajstić information content (AvgIpc) is 2.28. The Hall–Kier alpha value is -1.88. The van der Waals surface area contributed by atoms with Crippen molar-refractivity contribution < 1.29 is 14.3 Å². The third-order valence-electron chi connectivity index (χ3n) is 1.80. The van der Waals surface area contributed by atoms with Gasteiger partial charge in [0.25, 0.3) is 0 Å². The summed E-state index contributed by atoms with van der Waals surface area (Å²) < 4.78 is 5.15. The molecule has 0 heterocycles. The standard InChI is InChI=1S/C11H14N2O3/c12-10(14)6-13-11(15)8-16-7-9-4-2-1-3-5-9/h1-5H,6-8H2,(H2,12,14)(H,13,15). The van der Waals surface area contributed by atoms with Crippen LogP contribution in [0.3, 0.4) is 0 Å². The van der Waals surface area contributed by atoms with Gasteiger partial charge in [-0.05, 0) is 5.56 Å². The van der Waals surface area contributed by atoms with Gasteiger partial charge in [0, 0.05) is 0 Å². The largest absolute Gasteiger partial charge is 0.368 e. The number of nitrogens with one attached hydrogen (secondary N) is 1. The number of carbonyl (C=O) groups is 2. The number of hydrogen-bond donors (Lipinski definition) is 2. The summed E-state index contributed by atoms with van der Waals surface area (Å²) in [7, 11) is 0. The first-order valence-corrected chi connectivity index (χ1v) is 4.85. The van der Waals surface area contributed by atoms with Crippen molar-refractivity contribution in [3.63, 3.8) is 0 Å². The molecule has 0 radical (unpaired) electrons. The van der Waals surface area contributed by atoms with Crippen LogP contribution >= 0.6 is 0 Å². The van der Waals surface area contributed by atoms with E-state index in [1.165, 1.54) is 0 Å². The monoisotopic (exact) mass is 222 g/mol. The van der Waals surface area contributed by atoms with Crippen LogP contribution in [0.5, 0.6) is 0 Å². The van der Waals surface area contributed by atoms with Crippen molar-refractivity contribution in [3.8, 4) is 0 Å². The summed E-state index contributed by atoms with van der Waals surface area (Å²) in [4.78, 5) is 21.5. The number of amides is 2. The summed E-state index contributed by atoms with van der Waals surface area (Å²) >= 11 is 0. The van der Waals surface area contributed by atoms with E-state index in [-0.39, 0.29) is 19.1 Å². The van der Waals surface area contributed by atoms with Gasteiger partial charge in [0.2, 0.25) is 11.8 Å². The Labute approximate surface area is 93.6 Å². The fourth-order valence-electron chi connectivity index (χ4n) is 1.07. The van der Waals surface area contributed by atoms with Gasteiger partial charge in [-0.3, -0.25) is 9.59 Å². The molecule has 0 saturated heterocycles. The molecule has 86 valence electrons. The number of benzene rings is 1. The van der Waals surface area contributed by atoms with Gasteiger partial charge in [-0.25, -0.2) is 0 Å². The van der Waals surface area contributed by atoms with E-state index < -0.39 is 5.91 Å². The van der Waals surface area contributed by atoms with E-state index in [0.717, 1.165) is 5.56 Å².